The molecule has 0 spiro atoms. The number of fused-ring (bicyclic) bond motifs is 1. The van der Waals surface area contributed by atoms with E-state index in [4.69, 9.17) is 14.5 Å². The number of benzene rings is 3. The Bertz CT molecular complexity index is 1320. The minimum absolute atomic E-state index is 0.00583. The van der Waals surface area contributed by atoms with Crippen LogP contribution in [0.25, 0.3) is 11.0 Å². The summed E-state index contributed by atoms with van der Waals surface area (Å²) in [7, 11) is 1.64. The van der Waals surface area contributed by atoms with E-state index in [1.165, 1.54) is 0 Å². The summed E-state index contributed by atoms with van der Waals surface area (Å²) in [6.07, 6.45) is 0.429. The Labute approximate surface area is 199 Å². The second kappa shape index (κ2) is 9.21. The van der Waals surface area contributed by atoms with Gasteiger partial charge in [-0.05, 0) is 49.2 Å². The summed E-state index contributed by atoms with van der Waals surface area (Å²) >= 11 is 0. The van der Waals surface area contributed by atoms with Crippen LogP contribution in [0.15, 0.2) is 66.7 Å². The molecule has 6 heteroatoms. The molecule has 0 unspecified atom stereocenters. The third-order valence-corrected chi connectivity index (χ3v) is 6.51. The minimum Gasteiger partial charge on any atom is -0.497 e. The Balaban J connectivity index is 1.41. The van der Waals surface area contributed by atoms with Gasteiger partial charge in [0.05, 0.1) is 24.7 Å². The Kier molecular flexibility index (Phi) is 5.97. The summed E-state index contributed by atoms with van der Waals surface area (Å²) in [6, 6.07) is 22.0. The highest BCUT2D eigenvalue weighted by Crippen LogP contribution is 2.34. The molecule has 1 fully saturated rings. The van der Waals surface area contributed by atoms with Crippen molar-refractivity contribution in [2.45, 2.75) is 32.7 Å². The lowest BCUT2D eigenvalue weighted by Gasteiger charge is -2.18. The van der Waals surface area contributed by atoms with Gasteiger partial charge >= 0.3 is 0 Å². The van der Waals surface area contributed by atoms with Gasteiger partial charge in [0.2, 0.25) is 5.91 Å². The quantitative estimate of drug-likeness (QED) is 0.381. The lowest BCUT2D eigenvalue weighted by Crippen LogP contribution is -2.24. The van der Waals surface area contributed by atoms with Gasteiger partial charge in [-0.25, -0.2) is 4.98 Å². The fourth-order valence-electron chi connectivity index (χ4n) is 4.82. The first-order valence-electron chi connectivity index (χ1n) is 11.6. The molecule has 2 heterocycles. The molecule has 1 amide bonds. The Hall–Kier alpha value is -3.80. The van der Waals surface area contributed by atoms with Gasteiger partial charge in [-0.1, -0.05) is 36.4 Å². The first kappa shape index (κ1) is 22.0. The van der Waals surface area contributed by atoms with Crippen LogP contribution in [0.2, 0.25) is 0 Å². The molecule has 6 nitrogen and oxygen atoms in total. The summed E-state index contributed by atoms with van der Waals surface area (Å²) in [6.45, 7) is 5.91. The van der Waals surface area contributed by atoms with Gasteiger partial charge in [0.25, 0.3) is 0 Å². The molecule has 1 aliphatic heterocycles. The molecule has 0 aliphatic carbocycles. The van der Waals surface area contributed by atoms with E-state index in [1.54, 1.807) is 7.11 Å². The third kappa shape index (κ3) is 4.12. The van der Waals surface area contributed by atoms with Gasteiger partial charge in [0.1, 0.15) is 23.9 Å². The standard InChI is InChI=1S/C28H29N3O3/c1-19-8-6-9-20(2)27(19)34-15-14-30-25-13-5-4-12-24(25)29-28(30)21-16-26(32)31(18-21)22-10-7-11-23(17-22)33-3/h4-13,17,21H,14-16,18H2,1-3H3/t21-/m1/s1. The summed E-state index contributed by atoms with van der Waals surface area (Å²) in [5.74, 6) is 2.72. The molecule has 1 atom stereocenters. The maximum absolute atomic E-state index is 13.0. The molecule has 0 bridgehead atoms. The monoisotopic (exact) mass is 455 g/mol. The van der Waals surface area contributed by atoms with E-state index in [1.807, 2.05) is 53.4 Å². The van der Waals surface area contributed by atoms with Gasteiger partial charge in [0.15, 0.2) is 0 Å². The highest BCUT2D eigenvalue weighted by atomic mass is 16.5. The average molecular weight is 456 g/mol. The number of carbonyl (C=O) groups is 1. The Morgan fingerprint density at radius 3 is 2.56 bits per heavy atom. The number of aromatic nitrogens is 2. The summed E-state index contributed by atoms with van der Waals surface area (Å²) in [5.41, 5.74) is 5.12. The van der Waals surface area contributed by atoms with Crippen LogP contribution in [-0.4, -0.2) is 35.7 Å². The minimum atomic E-state index is 0.00583. The largest absolute Gasteiger partial charge is 0.497 e. The van der Waals surface area contributed by atoms with Gasteiger partial charge in [-0.15, -0.1) is 0 Å². The molecule has 4 aromatic rings. The van der Waals surface area contributed by atoms with Crippen LogP contribution in [0.1, 0.15) is 29.3 Å². The zero-order valence-corrected chi connectivity index (χ0v) is 19.8. The molecule has 3 aromatic carbocycles. The summed E-state index contributed by atoms with van der Waals surface area (Å²) in [4.78, 5) is 19.8. The number of rotatable bonds is 7. The van der Waals surface area contributed by atoms with E-state index in [9.17, 15) is 4.79 Å². The number of nitrogens with zero attached hydrogens (tertiary/aromatic N) is 3. The van der Waals surface area contributed by atoms with Gasteiger partial charge in [-0.2, -0.15) is 0 Å². The number of ether oxygens (including phenoxy) is 2. The second-order valence-corrected chi connectivity index (χ2v) is 8.79. The first-order chi connectivity index (χ1) is 16.5. The molecule has 0 N–H and O–H groups in total. The van der Waals surface area contributed by atoms with Gasteiger partial charge in [0, 0.05) is 30.6 Å². The number of imidazole rings is 1. The molecule has 0 saturated carbocycles. The van der Waals surface area contributed by atoms with E-state index >= 15 is 0 Å². The molecular formula is C28H29N3O3. The lowest BCUT2D eigenvalue weighted by atomic mass is 10.1. The van der Waals surface area contributed by atoms with Gasteiger partial charge in [-0.3, -0.25) is 4.79 Å². The van der Waals surface area contributed by atoms with E-state index < -0.39 is 0 Å². The smallest absolute Gasteiger partial charge is 0.227 e. The van der Waals surface area contributed by atoms with Crippen LogP contribution in [-0.2, 0) is 11.3 Å². The lowest BCUT2D eigenvalue weighted by molar-refractivity contribution is -0.117. The highest BCUT2D eigenvalue weighted by Gasteiger charge is 2.35. The number of methoxy groups -OCH3 is 1. The van der Waals surface area contributed by atoms with Crippen molar-refractivity contribution in [1.29, 1.82) is 0 Å². The average Bonchev–Trinajstić information content (AvgIpc) is 3.41. The van der Waals surface area contributed by atoms with Crippen molar-refractivity contribution in [3.05, 3.63) is 83.7 Å². The fourth-order valence-corrected chi connectivity index (χ4v) is 4.82. The third-order valence-electron chi connectivity index (χ3n) is 6.51. The number of carbonyl (C=O) groups excluding carboxylic acids is 1. The molecule has 174 valence electrons. The Morgan fingerprint density at radius 1 is 1.00 bits per heavy atom. The number of para-hydroxylation sites is 3. The zero-order chi connectivity index (χ0) is 23.7. The maximum atomic E-state index is 13.0. The van der Waals surface area contributed by atoms with Crippen molar-refractivity contribution in [3.8, 4) is 11.5 Å². The van der Waals surface area contributed by atoms with E-state index in [0.717, 1.165) is 45.2 Å². The van der Waals surface area contributed by atoms with Crippen molar-refractivity contribution in [1.82, 2.24) is 9.55 Å². The topological polar surface area (TPSA) is 56.6 Å². The second-order valence-electron chi connectivity index (χ2n) is 8.79. The highest BCUT2D eigenvalue weighted by molar-refractivity contribution is 5.96. The predicted octanol–water partition coefficient (Wildman–Crippen LogP) is 5.26. The van der Waals surface area contributed by atoms with Crippen molar-refractivity contribution in [3.63, 3.8) is 0 Å². The van der Waals surface area contributed by atoms with E-state index in [-0.39, 0.29) is 11.8 Å². The van der Waals surface area contributed by atoms with Crippen LogP contribution >= 0.6 is 0 Å². The van der Waals surface area contributed by atoms with Crippen LogP contribution in [0.3, 0.4) is 0 Å². The van der Waals surface area contributed by atoms with Crippen LogP contribution in [0.4, 0.5) is 5.69 Å². The van der Waals surface area contributed by atoms with Crippen LogP contribution < -0.4 is 14.4 Å². The van der Waals surface area contributed by atoms with Crippen molar-refractivity contribution in [2.24, 2.45) is 0 Å². The van der Waals surface area contributed by atoms with Crippen LogP contribution in [0, 0.1) is 13.8 Å². The molecule has 1 aliphatic rings. The number of aryl methyl sites for hydroxylation is 2. The van der Waals surface area contributed by atoms with E-state index in [2.05, 4.69) is 36.6 Å². The number of anilines is 1. The molecule has 1 saturated heterocycles. The first-order valence-corrected chi connectivity index (χ1v) is 11.6. The summed E-state index contributed by atoms with van der Waals surface area (Å²) in [5, 5.41) is 0. The van der Waals surface area contributed by atoms with Crippen molar-refractivity contribution in [2.75, 3.05) is 25.2 Å². The molecule has 5 rings (SSSR count). The fraction of sp³-hybridized carbons (Fsp3) is 0.286. The number of hydrogen-bond donors (Lipinski definition) is 0. The number of amides is 1. The van der Waals surface area contributed by atoms with Crippen LogP contribution in [0.5, 0.6) is 11.5 Å². The molecule has 0 radical (unpaired) electrons. The van der Waals surface area contributed by atoms with E-state index in [0.29, 0.717) is 26.1 Å². The predicted molar refractivity (Wildman–Crippen MR) is 134 cm³/mol. The molecule has 1 aromatic heterocycles. The molecule has 34 heavy (non-hydrogen) atoms. The SMILES string of the molecule is COc1cccc(N2C[C@H](c3nc4ccccc4n3CCOc3c(C)cccc3C)CC2=O)c1. The molecular weight excluding hydrogens is 426 g/mol. The van der Waals surface area contributed by atoms with Crippen molar-refractivity contribution < 1.29 is 14.3 Å². The van der Waals surface area contributed by atoms with Gasteiger partial charge < -0.3 is 18.9 Å². The Morgan fingerprint density at radius 2 is 1.76 bits per heavy atom. The number of hydrogen-bond acceptors (Lipinski definition) is 4. The van der Waals surface area contributed by atoms with Crippen molar-refractivity contribution >= 4 is 22.6 Å². The maximum Gasteiger partial charge on any atom is 0.227 e. The normalized spacial score (nSPS) is 15.8. The zero-order valence-electron chi connectivity index (χ0n) is 19.8. The summed E-state index contributed by atoms with van der Waals surface area (Å²) < 4.78 is 13.8.